The molecular weight excluding hydrogens is 278 g/mol. The lowest BCUT2D eigenvalue weighted by Gasteiger charge is -2.16. The molecule has 0 aromatic rings. The van der Waals surface area contributed by atoms with E-state index in [1.54, 1.807) is 0 Å². The first kappa shape index (κ1) is 14.9. The predicted molar refractivity (Wildman–Crippen MR) is 77.3 cm³/mol. The maximum absolute atomic E-state index is 11.4. The van der Waals surface area contributed by atoms with E-state index in [1.165, 1.54) is 6.08 Å². The van der Waals surface area contributed by atoms with E-state index in [-0.39, 0.29) is 23.9 Å². The average Bonchev–Trinajstić information content (AvgIpc) is 2.92. The summed E-state index contributed by atoms with van der Waals surface area (Å²) in [6.45, 7) is 0. The Bertz CT molecular complexity index is 439. The van der Waals surface area contributed by atoms with Gasteiger partial charge in [-0.25, -0.2) is 4.79 Å². The van der Waals surface area contributed by atoms with Gasteiger partial charge in [0.05, 0.1) is 12.1 Å². The van der Waals surface area contributed by atoms with E-state index in [4.69, 9.17) is 5.73 Å². The zero-order valence-electron chi connectivity index (χ0n) is 11.1. The summed E-state index contributed by atoms with van der Waals surface area (Å²) in [6, 6.07) is 0.396. The molecule has 2 saturated heterocycles. The highest BCUT2D eigenvalue weighted by Gasteiger charge is 2.42. The van der Waals surface area contributed by atoms with Crippen LogP contribution >= 0.6 is 11.8 Å². The van der Waals surface area contributed by atoms with Crippen LogP contribution in [-0.4, -0.2) is 40.8 Å². The third-order valence-corrected chi connectivity index (χ3v) is 5.04. The van der Waals surface area contributed by atoms with Gasteiger partial charge in [-0.2, -0.15) is 11.8 Å². The summed E-state index contributed by atoms with van der Waals surface area (Å²) >= 11 is 1.87. The minimum Gasteiger partial charge on any atom is -0.366 e. The number of carbonyl (C=O) groups excluding carboxylic acids is 3. The van der Waals surface area contributed by atoms with Crippen molar-refractivity contribution >= 4 is 29.5 Å². The Balaban J connectivity index is 1.63. The van der Waals surface area contributed by atoms with Gasteiger partial charge < -0.3 is 16.4 Å². The van der Waals surface area contributed by atoms with Crippen molar-refractivity contribution in [2.24, 2.45) is 5.73 Å². The predicted octanol–water partition coefficient (Wildman–Crippen LogP) is 0.323. The molecule has 0 aromatic heterocycles. The Morgan fingerprint density at radius 3 is 2.85 bits per heavy atom. The smallest absolute Gasteiger partial charge is 0.315 e. The van der Waals surface area contributed by atoms with E-state index in [9.17, 15) is 14.4 Å². The van der Waals surface area contributed by atoms with Crippen molar-refractivity contribution in [1.29, 1.82) is 0 Å². The number of carbonyl (C=O) groups is 3. The zero-order chi connectivity index (χ0) is 14.5. The van der Waals surface area contributed by atoms with Gasteiger partial charge in [0.2, 0.25) is 5.91 Å². The summed E-state index contributed by atoms with van der Waals surface area (Å²) < 4.78 is 0. The van der Waals surface area contributed by atoms with Crippen molar-refractivity contribution in [2.45, 2.75) is 43.0 Å². The van der Waals surface area contributed by atoms with Crippen LogP contribution in [0.1, 0.15) is 25.7 Å². The molecule has 2 fully saturated rings. The molecule has 2 aliphatic heterocycles. The molecule has 6 nitrogen and oxygen atoms in total. The zero-order valence-corrected chi connectivity index (χ0v) is 11.9. The maximum atomic E-state index is 11.4. The molecule has 0 aliphatic carbocycles. The van der Waals surface area contributed by atoms with Gasteiger partial charge in [0.15, 0.2) is 5.78 Å². The van der Waals surface area contributed by atoms with Gasteiger partial charge >= 0.3 is 6.03 Å². The van der Waals surface area contributed by atoms with Crippen LogP contribution in [0.15, 0.2) is 12.2 Å². The Morgan fingerprint density at radius 2 is 2.10 bits per heavy atom. The molecule has 20 heavy (non-hydrogen) atoms. The first-order valence-corrected chi connectivity index (χ1v) is 7.80. The number of hydrogen-bond donors (Lipinski definition) is 3. The van der Waals surface area contributed by atoms with Crippen molar-refractivity contribution in [2.75, 3.05) is 5.75 Å². The van der Waals surface area contributed by atoms with Crippen molar-refractivity contribution in [3.8, 4) is 0 Å². The van der Waals surface area contributed by atoms with Gasteiger partial charge in [0.25, 0.3) is 0 Å². The van der Waals surface area contributed by atoms with E-state index in [2.05, 4.69) is 10.6 Å². The number of unbranched alkanes of at least 4 members (excludes halogenated alkanes) is 1. The van der Waals surface area contributed by atoms with Gasteiger partial charge in [-0.15, -0.1) is 0 Å². The van der Waals surface area contributed by atoms with Crippen LogP contribution in [0.5, 0.6) is 0 Å². The summed E-state index contributed by atoms with van der Waals surface area (Å²) in [5, 5.41) is 6.28. The number of rotatable bonds is 7. The molecule has 0 spiro atoms. The molecule has 0 bridgehead atoms. The van der Waals surface area contributed by atoms with E-state index in [1.807, 2.05) is 11.8 Å². The molecular formula is C13H19N3O3S. The second-order valence-corrected chi connectivity index (χ2v) is 6.34. The van der Waals surface area contributed by atoms with Gasteiger partial charge in [-0.3, -0.25) is 9.59 Å². The molecule has 3 amide bonds. The van der Waals surface area contributed by atoms with E-state index >= 15 is 0 Å². The number of fused-ring (bicyclic) bond motifs is 1. The standard InChI is InChI=1S/C13H19N3O3S/c14-11(18)6-5-8(17)3-1-2-4-10-12-9(7-20-10)15-13(19)16-12/h5-6,9-10,12H,1-4,7H2,(H2,14,18)(H2,15,16,19)/t9-,10-,12-/m0/s1. The topological polar surface area (TPSA) is 101 Å². The molecule has 2 heterocycles. The van der Waals surface area contributed by atoms with Crippen LogP contribution in [0.4, 0.5) is 4.79 Å². The molecule has 2 rings (SSSR count). The van der Waals surface area contributed by atoms with Crippen molar-refractivity contribution in [3.63, 3.8) is 0 Å². The number of allylic oxidation sites excluding steroid dienone is 1. The number of thioether (sulfide) groups is 1. The number of nitrogens with two attached hydrogens (primary N) is 1. The molecule has 0 saturated carbocycles. The fourth-order valence-electron chi connectivity index (χ4n) is 2.55. The van der Waals surface area contributed by atoms with Crippen LogP contribution in [0, 0.1) is 0 Å². The Kier molecular flexibility index (Phi) is 5.05. The normalized spacial score (nSPS) is 28.2. The molecule has 2 aliphatic rings. The van der Waals surface area contributed by atoms with Gasteiger partial charge in [-0.05, 0) is 18.9 Å². The summed E-state index contributed by atoms with van der Waals surface area (Å²) in [5.41, 5.74) is 4.92. The maximum Gasteiger partial charge on any atom is 0.315 e. The summed E-state index contributed by atoms with van der Waals surface area (Å²) in [4.78, 5) is 33.1. The minimum atomic E-state index is -0.601. The van der Waals surface area contributed by atoms with Crippen molar-refractivity contribution in [3.05, 3.63) is 12.2 Å². The SMILES string of the molecule is NC(=O)C=CC(=O)CCCC[C@@H]1SC[C@@H]2NC(=O)N[C@@H]21. The highest BCUT2D eigenvalue weighted by molar-refractivity contribution is 8.00. The van der Waals surface area contributed by atoms with Crippen LogP contribution in [0.25, 0.3) is 0 Å². The Hall–Kier alpha value is -1.50. The van der Waals surface area contributed by atoms with Gasteiger partial charge in [-0.1, -0.05) is 6.42 Å². The highest BCUT2D eigenvalue weighted by atomic mass is 32.2. The van der Waals surface area contributed by atoms with E-state index in [0.29, 0.717) is 11.7 Å². The monoisotopic (exact) mass is 297 g/mol. The molecule has 4 N–H and O–H groups in total. The van der Waals surface area contributed by atoms with Crippen LogP contribution in [0.3, 0.4) is 0 Å². The number of amides is 3. The Labute approximate surface area is 121 Å². The van der Waals surface area contributed by atoms with E-state index < -0.39 is 5.91 Å². The third-order valence-electron chi connectivity index (χ3n) is 3.53. The lowest BCUT2D eigenvalue weighted by molar-refractivity contribution is -0.116. The number of nitrogens with one attached hydrogen (secondary N) is 2. The van der Waals surface area contributed by atoms with Crippen molar-refractivity contribution in [1.82, 2.24) is 10.6 Å². The number of hydrogen-bond acceptors (Lipinski definition) is 4. The van der Waals surface area contributed by atoms with Gasteiger partial charge in [0.1, 0.15) is 0 Å². The quantitative estimate of drug-likeness (QED) is 0.358. The molecule has 0 unspecified atom stereocenters. The van der Waals surface area contributed by atoms with Gasteiger partial charge in [0, 0.05) is 23.5 Å². The fraction of sp³-hybridized carbons (Fsp3) is 0.615. The lowest BCUT2D eigenvalue weighted by Crippen LogP contribution is -2.36. The Morgan fingerprint density at radius 1 is 1.30 bits per heavy atom. The number of urea groups is 1. The largest absolute Gasteiger partial charge is 0.366 e. The molecule has 110 valence electrons. The van der Waals surface area contributed by atoms with Crippen LogP contribution < -0.4 is 16.4 Å². The van der Waals surface area contributed by atoms with Crippen LogP contribution in [0.2, 0.25) is 0 Å². The first-order chi connectivity index (χ1) is 9.56. The molecule has 3 atom stereocenters. The molecule has 7 heteroatoms. The summed E-state index contributed by atoms with van der Waals surface area (Å²) in [5.74, 6) is 0.279. The minimum absolute atomic E-state index is 0.0722. The number of ketones is 1. The first-order valence-electron chi connectivity index (χ1n) is 6.75. The highest BCUT2D eigenvalue weighted by Crippen LogP contribution is 2.33. The fourth-order valence-corrected chi connectivity index (χ4v) is 4.09. The number of primary amides is 1. The summed E-state index contributed by atoms with van der Waals surface area (Å²) in [6.07, 6.45) is 5.48. The van der Waals surface area contributed by atoms with E-state index in [0.717, 1.165) is 31.1 Å². The average molecular weight is 297 g/mol. The second-order valence-electron chi connectivity index (χ2n) is 5.07. The summed E-state index contributed by atoms with van der Waals surface area (Å²) in [7, 11) is 0. The second kappa shape index (κ2) is 6.78. The molecule has 0 aromatic carbocycles. The van der Waals surface area contributed by atoms with Crippen LogP contribution in [-0.2, 0) is 9.59 Å². The third kappa shape index (κ3) is 4.00. The van der Waals surface area contributed by atoms with Crippen molar-refractivity contribution < 1.29 is 14.4 Å². The molecule has 0 radical (unpaired) electrons. The lowest BCUT2D eigenvalue weighted by atomic mass is 10.0.